The summed E-state index contributed by atoms with van der Waals surface area (Å²) >= 11 is 1.48. The number of aliphatic carboxylic acids is 1. The average Bonchev–Trinajstić information content (AvgIpc) is 2.83. The molecule has 1 atom stereocenters. The number of rotatable bonds is 5. The third kappa shape index (κ3) is 3.77. The third-order valence-electron chi connectivity index (χ3n) is 3.27. The van der Waals surface area contributed by atoms with E-state index in [1.165, 1.54) is 17.4 Å². The molecular formula is C14H16N2O4S. The third-order valence-corrected chi connectivity index (χ3v) is 4.19. The van der Waals surface area contributed by atoms with Crippen molar-refractivity contribution in [2.24, 2.45) is 0 Å². The number of nitrogens with one attached hydrogen (secondary N) is 1. The maximum atomic E-state index is 11.8. The molecule has 2 amide bonds. The van der Waals surface area contributed by atoms with Crippen molar-refractivity contribution < 1.29 is 19.5 Å². The van der Waals surface area contributed by atoms with E-state index in [4.69, 9.17) is 5.11 Å². The van der Waals surface area contributed by atoms with Gasteiger partial charge in [0.1, 0.15) is 0 Å². The predicted octanol–water partition coefficient (Wildman–Crippen LogP) is 1.08. The van der Waals surface area contributed by atoms with Crippen LogP contribution in [0, 0.1) is 0 Å². The highest BCUT2D eigenvalue weighted by atomic mass is 32.1. The van der Waals surface area contributed by atoms with E-state index in [-0.39, 0.29) is 24.4 Å². The lowest BCUT2D eigenvalue weighted by atomic mass is 10.1. The van der Waals surface area contributed by atoms with E-state index in [1.807, 2.05) is 23.3 Å². The Kier molecular flexibility index (Phi) is 4.87. The second kappa shape index (κ2) is 6.64. The summed E-state index contributed by atoms with van der Waals surface area (Å²) in [6, 6.07) is 1.49. The van der Waals surface area contributed by atoms with Gasteiger partial charge < -0.3 is 5.11 Å². The molecule has 0 radical (unpaired) electrons. The molecule has 0 bridgehead atoms. The molecule has 0 aromatic carbocycles. The first-order valence-corrected chi connectivity index (χ1v) is 7.44. The molecule has 2 rings (SSSR count). The quantitative estimate of drug-likeness (QED) is 0.628. The summed E-state index contributed by atoms with van der Waals surface area (Å²) in [5.74, 6) is -1.58. The largest absolute Gasteiger partial charge is 0.478 e. The normalized spacial score (nSPS) is 20.0. The van der Waals surface area contributed by atoms with Crippen molar-refractivity contribution in [1.82, 2.24) is 10.2 Å². The Morgan fingerprint density at radius 2 is 2.33 bits per heavy atom. The van der Waals surface area contributed by atoms with Crippen LogP contribution >= 0.6 is 11.3 Å². The Labute approximate surface area is 126 Å². The van der Waals surface area contributed by atoms with Crippen molar-refractivity contribution in [2.75, 3.05) is 6.54 Å². The summed E-state index contributed by atoms with van der Waals surface area (Å²) in [4.78, 5) is 36.7. The van der Waals surface area contributed by atoms with Gasteiger partial charge in [-0.05, 0) is 29.5 Å². The maximum Gasteiger partial charge on any atom is 0.328 e. The van der Waals surface area contributed by atoms with Crippen molar-refractivity contribution >= 4 is 35.2 Å². The molecule has 2 N–H and O–H groups in total. The highest BCUT2D eigenvalue weighted by Crippen LogP contribution is 2.23. The number of carboxylic acids is 1. The first-order valence-electron chi connectivity index (χ1n) is 6.56. The number of carbonyl (C=O) groups is 3. The predicted molar refractivity (Wildman–Crippen MR) is 78.6 cm³/mol. The van der Waals surface area contributed by atoms with Crippen LogP contribution in [0.2, 0.25) is 0 Å². The maximum absolute atomic E-state index is 11.8. The Balaban J connectivity index is 2.16. The Bertz CT molecular complexity index is 594. The van der Waals surface area contributed by atoms with E-state index in [9.17, 15) is 14.4 Å². The first-order chi connectivity index (χ1) is 10.0. The number of amides is 2. The number of hydrogen-bond acceptors (Lipinski definition) is 5. The standard InChI is InChI=1S/C14H16N2O4S/c1-2-10-14(20)15-12(17)8-16(10)7-11-9(5-6-21-11)3-4-13(18)19/h3-6,10H,2,7-8H2,1H3,(H,18,19)(H,15,17,20). The van der Waals surface area contributed by atoms with Crippen LogP contribution in [0.1, 0.15) is 23.8 Å². The molecule has 2 heterocycles. The van der Waals surface area contributed by atoms with Gasteiger partial charge in [-0.15, -0.1) is 11.3 Å². The zero-order valence-corrected chi connectivity index (χ0v) is 12.4. The second-order valence-corrected chi connectivity index (χ2v) is 5.71. The van der Waals surface area contributed by atoms with Gasteiger partial charge >= 0.3 is 5.97 Å². The van der Waals surface area contributed by atoms with E-state index in [1.54, 1.807) is 0 Å². The molecule has 0 aliphatic carbocycles. The molecule has 21 heavy (non-hydrogen) atoms. The van der Waals surface area contributed by atoms with E-state index >= 15 is 0 Å². The summed E-state index contributed by atoms with van der Waals surface area (Å²) < 4.78 is 0. The summed E-state index contributed by atoms with van der Waals surface area (Å²) in [7, 11) is 0. The van der Waals surface area contributed by atoms with Gasteiger partial charge in [-0.2, -0.15) is 0 Å². The smallest absolute Gasteiger partial charge is 0.328 e. The summed E-state index contributed by atoms with van der Waals surface area (Å²) in [6.45, 7) is 2.52. The minimum Gasteiger partial charge on any atom is -0.478 e. The van der Waals surface area contributed by atoms with Gasteiger partial charge in [0.05, 0.1) is 12.6 Å². The van der Waals surface area contributed by atoms with E-state index < -0.39 is 5.97 Å². The number of hydrogen-bond donors (Lipinski definition) is 2. The van der Waals surface area contributed by atoms with E-state index in [0.29, 0.717) is 13.0 Å². The van der Waals surface area contributed by atoms with Gasteiger partial charge in [0.15, 0.2) is 0 Å². The van der Waals surface area contributed by atoms with Crippen LogP contribution in [0.25, 0.3) is 6.08 Å². The van der Waals surface area contributed by atoms with Gasteiger partial charge in [-0.1, -0.05) is 6.92 Å². The van der Waals surface area contributed by atoms with Crippen LogP contribution in [-0.4, -0.2) is 40.4 Å². The molecule has 0 spiro atoms. The molecule has 112 valence electrons. The molecule has 1 aromatic heterocycles. The molecule has 1 aliphatic heterocycles. The fourth-order valence-corrected chi connectivity index (χ4v) is 3.19. The van der Waals surface area contributed by atoms with Crippen molar-refractivity contribution in [3.8, 4) is 0 Å². The zero-order valence-electron chi connectivity index (χ0n) is 11.5. The fraction of sp³-hybridized carbons (Fsp3) is 0.357. The summed E-state index contributed by atoms with van der Waals surface area (Å²) in [5.41, 5.74) is 0.802. The molecule has 7 heteroatoms. The number of nitrogens with zero attached hydrogens (tertiary/aromatic N) is 1. The molecule has 1 aromatic rings. The van der Waals surface area contributed by atoms with E-state index in [2.05, 4.69) is 5.32 Å². The van der Waals surface area contributed by atoms with Crippen molar-refractivity contribution in [1.29, 1.82) is 0 Å². The topological polar surface area (TPSA) is 86.7 Å². The van der Waals surface area contributed by atoms with Gasteiger partial charge in [-0.25, -0.2) is 4.79 Å². The van der Waals surface area contributed by atoms with Crippen molar-refractivity contribution in [2.45, 2.75) is 25.9 Å². The van der Waals surface area contributed by atoms with Crippen molar-refractivity contribution in [3.63, 3.8) is 0 Å². The second-order valence-electron chi connectivity index (χ2n) is 4.71. The van der Waals surface area contributed by atoms with Gasteiger partial charge in [0, 0.05) is 17.5 Å². The number of piperazine rings is 1. The Hall–Kier alpha value is -1.99. The Morgan fingerprint density at radius 1 is 1.57 bits per heavy atom. The Morgan fingerprint density at radius 3 is 3.00 bits per heavy atom. The number of imide groups is 1. The first kappa shape index (κ1) is 15.4. The van der Waals surface area contributed by atoms with Crippen LogP contribution < -0.4 is 5.32 Å². The fourth-order valence-electron chi connectivity index (χ4n) is 2.30. The van der Waals surface area contributed by atoms with Crippen LogP contribution in [0.3, 0.4) is 0 Å². The van der Waals surface area contributed by atoms with Crippen LogP contribution in [0.5, 0.6) is 0 Å². The highest BCUT2D eigenvalue weighted by Gasteiger charge is 2.32. The zero-order chi connectivity index (χ0) is 15.4. The molecule has 1 unspecified atom stereocenters. The van der Waals surface area contributed by atoms with E-state index in [0.717, 1.165) is 16.5 Å². The number of carbonyl (C=O) groups excluding carboxylic acids is 2. The number of carboxylic acid groups (broad SMARTS) is 1. The van der Waals surface area contributed by atoms with Crippen LogP contribution in [0.15, 0.2) is 17.5 Å². The molecule has 1 fully saturated rings. The van der Waals surface area contributed by atoms with Gasteiger partial charge in [-0.3, -0.25) is 19.8 Å². The average molecular weight is 308 g/mol. The SMILES string of the molecule is CCC1C(=O)NC(=O)CN1Cc1sccc1C=CC(=O)O. The molecular weight excluding hydrogens is 292 g/mol. The van der Waals surface area contributed by atoms with Crippen molar-refractivity contribution in [3.05, 3.63) is 28.0 Å². The molecule has 1 saturated heterocycles. The summed E-state index contributed by atoms with van der Waals surface area (Å²) in [6.07, 6.45) is 3.22. The highest BCUT2D eigenvalue weighted by molar-refractivity contribution is 7.10. The molecule has 1 aliphatic rings. The lowest BCUT2D eigenvalue weighted by molar-refractivity contribution is -0.140. The molecule has 0 saturated carbocycles. The van der Waals surface area contributed by atoms with Gasteiger partial charge in [0.2, 0.25) is 11.8 Å². The lowest BCUT2D eigenvalue weighted by Gasteiger charge is -2.33. The lowest BCUT2D eigenvalue weighted by Crippen LogP contribution is -2.57. The minimum absolute atomic E-state index is 0.171. The molecule has 6 nitrogen and oxygen atoms in total. The minimum atomic E-state index is -1.01. The summed E-state index contributed by atoms with van der Waals surface area (Å²) in [5, 5.41) is 12.9. The number of thiophene rings is 1. The van der Waals surface area contributed by atoms with Crippen LogP contribution in [-0.2, 0) is 20.9 Å². The monoisotopic (exact) mass is 308 g/mol. The van der Waals surface area contributed by atoms with Crippen LogP contribution in [0.4, 0.5) is 0 Å². The van der Waals surface area contributed by atoms with Gasteiger partial charge in [0.25, 0.3) is 0 Å².